The standard InChI is InChI=1S/C17H13FN4O3S/c18-11-1-6-15-10(7-11)8-14(17(23)21-15)16(22-19)9-20-12-2-4-13(5-3-12)26(24)25/h1-9H,19H2,(H,21,23)(H,24,25). The number of aromatic amines is 1. The second-order valence-electron chi connectivity index (χ2n) is 5.26. The van der Waals surface area contributed by atoms with Crippen LogP contribution in [0.1, 0.15) is 5.56 Å². The molecule has 1 aromatic heterocycles. The van der Waals surface area contributed by atoms with Crippen molar-refractivity contribution in [3.8, 4) is 0 Å². The number of halogens is 1. The zero-order chi connectivity index (χ0) is 18.7. The summed E-state index contributed by atoms with van der Waals surface area (Å²) in [6.07, 6.45) is 1.29. The molecule has 132 valence electrons. The van der Waals surface area contributed by atoms with Crippen LogP contribution in [0.4, 0.5) is 10.1 Å². The van der Waals surface area contributed by atoms with Crippen LogP contribution < -0.4 is 11.4 Å². The van der Waals surface area contributed by atoms with Gasteiger partial charge in [-0.1, -0.05) is 0 Å². The van der Waals surface area contributed by atoms with Gasteiger partial charge in [-0.3, -0.25) is 9.79 Å². The average molecular weight is 372 g/mol. The fourth-order valence-electron chi connectivity index (χ4n) is 2.32. The third-order valence-corrected chi connectivity index (χ3v) is 4.27. The summed E-state index contributed by atoms with van der Waals surface area (Å²) < 4.78 is 33.3. The van der Waals surface area contributed by atoms with Gasteiger partial charge in [0.05, 0.1) is 22.4 Å². The first-order valence-electron chi connectivity index (χ1n) is 7.34. The van der Waals surface area contributed by atoms with Gasteiger partial charge < -0.3 is 15.4 Å². The third kappa shape index (κ3) is 3.73. The summed E-state index contributed by atoms with van der Waals surface area (Å²) in [6, 6.07) is 11.5. The van der Waals surface area contributed by atoms with Crippen molar-refractivity contribution in [1.29, 1.82) is 0 Å². The molecule has 9 heteroatoms. The summed E-state index contributed by atoms with van der Waals surface area (Å²) in [5.74, 6) is 4.94. The molecular weight excluding hydrogens is 359 g/mol. The molecule has 7 nitrogen and oxygen atoms in total. The number of pyridine rings is 1. The normalized spacial score (nSPS) is 13.4. The smallest absolute Gasteiger partial charge is 0.258 e. The van der Waals surface area contributed by atoms with E-state index in [0.29, 0.717) is 16.6 Å². The molecule has 0 aliphatic heterocycles. The largest absolute Gasteiger partial charge is 0.323 e. The van der Waals surface area contributed by atoms with E-state index >= 15 is 0 Å². The van der Waals surface area contributed by atoms with Crippen molar-refractivity contribution in [2.45, 2.75) is 4.90 Å². The van der Waals surface area contributed by atoms with Gasteiger partial charge in [0.1, 0.15) is 11.5 Å². The van der Waals surface area contributed by atoms with E-state index in [0.717, 1.165) is 0 Å². The van der Waals surface area contributed by atoms with E-state index < -0.39 is 22.5 Å². The first-order valence-corrected chi connectivity index (χ1v) is 8.44. The molecule has 0 saturated carbocycles. The van der Waals surface area contributed by atoms with E-state index in [-0.39, 0.29) is 16.2 Å². The minimum atomic E-state index is -2.07. The molecule has 2 aromatic carbocycles. The predicted octanol–water partition coefficient (Wildman–Crippen LogP) is 2.31. The number of aromatic nitrogens is 1. The Kier molecular flexibility index (Phi) is 5.01. The first kappa shape index (κ1) is 17.6. The molecule has 0 spiro atoms. The lowest BCUT2D eigenvalue weighted by atomic mass is 10.1. The maximum absolute atomic E-state index is 13.4. The Morgan fingerprint density at radius 2 is 1.92 bits per heavy atom. The van der Waals surface area contributed by atoms with Crippen molar-refractivity contribution >= 4 is 39.6 Å². The van der Waals surface area contributed by atoms with Crippen molar-refractivity contribution < 1.29 is 13.2 Å². The zero-order valence-corrected chi connectivity index (χ0v) is 14.0. The second-order valence-corrected chi connectivity index (χ2v) is 6.23. The van der Waals surface area contributed by atoms with Gasteiger partial charge in [0.25, 0.3) is 5.56 Å². The number of H-pyrrole nitrogens is 1. The Bertz CT molecular complexity index is 1110. The molecule has 26 heavy (non-hydrogen) atoms. The highest BCUT2D eigenvalue weighted by molar-refractivity contribution is 7.79. The summed E-state index contributed by atoms with van der Waals surface area (Å²) in [5, 5.41) is 4.06. The van der Waals surface area contributed by atoms with Crippen LogP contribution in [0.5, 0.6) is 0 Å². The van der Waals surface area contributed by atoms with Crippen LogP contribution in [0.25, 0.3) is 10.9 Å². The zero-order valence-electron chi connectivity index (χ0n) is 13.2. The summed E-state index contributed by atoms with van der Waals surface area (Å²) in [5.41, 5.74) is 0.769. The minimum Gasteiger partial charge on any atom is -0.323 e. The highest BCUT2D eigenvalue weighted by Gasteiger charge is 2.09. The van der Waals surface area contributed by atoms with E-state index in [1.165, 1.54) is 54.7 Å². The number of hydrazone groups is 1. The molecule has 3 aromatic rings. The molecule has 0 bridgehead atoms. The molecule has 3 rings (SSSR count). The van der Waals surface area contributed by atoms with Gasteiger partial charge in [-0.05, 0) is 48.5 Å². The van der Waals surface area contributed by atoms with Gasteiger partial charge in [-0.2, -0.15) is 5.10 Å². The second kappa shape index (κ2) is 7.38. The lowest BCUT2D eigenvalue weighted by Crippen LogP contribution is -2.20. The van der Waals surface area contributed by atoms with Crippen molar-refractivity contribution in [2.24, 2.45) is 15.9 Å². The summed E-state index contributed by atoms with van der Waals surface area (Å²) >= 11 is -2.07. The van der Waals surface area contributed by atoms with E-state index in [1.54, 1.807) is 0 Å². The number of rotatable bonds is 4. The number of hydrogen-bond acceptors (Lipinski definition) is 5. The van der Waals surface area contributed by atoms with Crippen molar-refractivity contribution in [3.05, 3.63) is 70.3 Å². The fourth-order valence-corrected chi connectivity index (χ4v) is 2.69. The van der Waals surface area contributed by atoms with E-state index in [2.05, 4.69) is 15.1 Å². The van der Waals surface area contributed by atoms with Gasteiger partial charge in [0.2, 0.25) is 0 Å². The lowest BCUT2D eigenvalue weighted by molar-refractivity contribution is 0.564. The summed E-state index contributed by atoms with van der Waals surface area (Å²) in [4.78, 5) is 19.3. The maximum atomic E-state index is 13.4. The Morgan fingerprint density at radius 1 is 1.19 bits per heavy atom. The Balaban J connectivity index is 1.96. The number of hydrogen-bond donors (Lipinski definition) is 3. The SMILES string of the molecule is NN=C(C=Nc1ccc(S(=O)O)cc1)c1cc2cc(F)ccc2[nH]c1=O. The molecule has 1 atom stereocenters. The number of fused-ring (bicyclic) bond motifs is 1. The molecule has 0 aliphatic carbocycles. The van der Waals surface area contributed by atoms with Gasteiger partial charge in [0, 0.05) is 10.9 Å². The third-order valence-electron chi connectivity index (χ3n) is 3.60. The van der Waals surface area contributed by atoms with Crippen molar-refractivity contribution in [1.82, 2.24) is 4.98 Å². The molecule has 0 fully saturated rings. The maximum Gasteiger partial charge on any atom is 0.258 e. The van der Waals surface area contributed by atoms with Gasteiger partial charge in [-0.25, -0.2) is 8.60 Å². The van der Waals surface area contributed by atoms with Crippen LogP contribution >= 0.6 is 0 Å². The Labute approximate surface area is 149 Å². The highest BCUT2D eigenvalue weighted by atomic mass is 32.2. The van der Waals surface area contributed by atoms with Gasteiger partial charge in [-0.15, -0.1) is 0 Å². The van der Waals surface area contributed by atoms with Crippen LogP contribution in [-0.2, 0) is 11.1 Å². The summed E-state index contributed by atoms with van der Waals surface area (Å²) in [7, 11) is 0. The Hall–Kier alpha value is -3.17. The van der Waals surface area contributed by atoms with E-state index in [9.17, 15) is 13.4 Å². The molecule has 0 radical (unpaired) electrons. The number of benzene rings is 2. The monoisotopic (exact) mass is 372 g/mol. The van der Waals surface area contributed by atoms with Crippen LogP contribution in [0.15, 0.2) is 68.3 Å². The number of nitrogens with one attached hydrogen (secondary N) is 1. The number of nitrogens with zero attached hydrogens (tertiary/aromatic N) is 2. The lowest BCUT2D eigenvalue weighted by Gasteiger charge is -2.03. The van der Waals surface area contributed by atoms with Crippen LogP contribution in [-0.4, -0.2) is 25.7 Å². The topological polar surface area (TPSA) is 121 Å². The molecule has 0 aliphatic rings. The summed E-state index contributed by atoms with van der Waals surface area (Å²) in [6.45, 7) is 0. The van der Waals surface area contributed by atoms with E-state index in [1.807, 2.05) is 0 Å². The molecule has 0 amide bonds. The molecular formula is C17H13FN4O3S. The molecule has 4 N–H and O–H groups in total. The van der Waals surface area contributed by atoms with E-state index in [4.69, 9.17) is 10.4 Å². The molecule has 1 heterocycles. The van der Waals surface area contributed by atoms with Crippen molar-refractivity contribution in [3.63, 3.8) is 0 Å². The average Bonchev–Trinajstić information content (AvgIpc) is 2.63. The van der Waals surface area contributed by atoms with Crippen LogP contribution in [0, 0.1) is 5.82 Å². The molecule has 0 saturated heterocycles. The number of nitrogens with two attached hydrogens (primary N) is 1. The van der Waals surface area contributed by atoms with Gasteiger partial charge in [0.15, 0.2) is 11.1 Å². The van der Waals surface area contributed by atoms with Crippen LogP contribution in [0.2, 0.25) is 0 Å². The Morgan fingerprint density at radius 3 is 2.58 bits per heavy atom. The fraction of sp³-hybridized carbons (Fsp3) is 0. The highest BCUT2D eigenvalue weighted by Crippen LogP contribution is 2.15. The predicted molar refractivity (Wildman–Crippen MR) is 98.9 cm³/mol. The van der Waals surface area contributed by atoms with Crippen molar-refractivity contribution in [2.75, 3.05) is 0 Å². The van der Waals surface area contributed by atoms with Crippen LogP contribution in [0.3, 0.4) is 0 Å². The number of aliphatic imine (C=N–C) groups is 1. The molecule has 1 unspecified atom stereocenters. The van der Waals surface area contributed by atoms with Gasteiger partial charge >= 0.3 is 0 Å². The first-order chi connectivity index (χ1) is 12.5. The minimum absolute atomic E-state index is 0.104. The quantitative estimate of drug-likeness (QED) is 0.282.